The first-order valence-corrected chi connectivity index (χ1v) is 3.22. The van der Waals surface area contributed by atoms with Crippen molar-refractivity contribution in [2.45, 2.75) is 19.9 Å². The molecule has 0 heterocycles. The highest BCUT2D eigenvalue weighted by molar-refractivity contribution is 5.76. The monoisotopic (exact) mass is 146 g/mol. The molecule has 0 spiro atoms. The third kappa shape index (κ3) is 5.53. The molecule has 0 bridgehead atoms. The van der Waals surface area contributed by atoms with E-state index >= 15 is 0 Å². The normalized spacial score (nSPS) is 10.0. The molecule has 0 aromatic carbocycles. The van der Waals surface area contributed by atoms with Gasteiger partial charge in [0, 0.05) is 6.04 Å². The van der Waals surface area contributed by atoms with Crippen molar-refractivity contribution >= 4 is 5.91 Å². The Morgan fingerprint density at radius 2 is 2.20 bits per heavy atom. The Morgan fingerprint density at radius 1 is 1.60 bits per heavy atom. The second-order valence-electron chi connectivity index (χ2n) is 2.26. The van der Waals surface area contributed by atoms with Crippen molar-refractivity contribution in [3.63, 3.8) is 0 Å². The molecule has 60 valence electrons. The fourth-order valence-electron chi connectivity index (χ4n) is 0.447. The first-order valence-electron chi connectivity index (χ1n) is 3.22. The van der Waals surface area contributed by atoms with Crippen LogP contribution in [0.25, 0.3) is 0 Å². The molecule has 1 amide bonds. The van der Waals surface area contributed by atoms with E-state index in [-0.39, 0.29) is 5.91 Å². The molecule has 0 aliphatic rings. The van der Waals surface area contributed by atoms with Crippen LogP contribution in [-0.2, 0) is 9.63 Å². The maximum absolute atomic E-state index is 10.6. The number of hydrogen-bond acceptors (Lipinski definition) is 3. The van der Waals surface area contributed by atoms with Gasteiger partial charge in [-0.1, -0.05) is 13.8 Å². The van der Waals surface area contributed by atoms with Gasteiger partial charge in [-0.15, -0.1) is 0 Å². The third-order valence-electron chi connectivity index (χ3n) is 0.887. The second-order valence-corrected chi connectivity index (χ2v) is 2.26. The van der Waals surface area contributed by atoms with Gasteiger partial charge in [0.05, 0.1) is 13.7 Å². The van der Waals surface area contributed by atoms with Gasteiger partial charge >= 0.3 is 0 Å². The minimum absolute atomic E-state index is 0.156. The summed E-state index contributed by atoms with van der Waals surface area (Å²) in [5.74, 6) is -0.156. The van der Waals surface area contributed by atoms with Gasteiger partial charge in [0.15, 0.2) is 0 Å². The Hall–Kier alpha value is -0.610. The number of carbonyl (C=O) groups excluding carboxylic acids is 1. The summed E-state index contributed by atoms with van der Waals surface area (Å²) in [5.41, 5.74) is 2.20. The van der Waals surface area contributed by atoms with Crippen LogP contribution in [0.3, 0.4) is 0 Å². The molecule has 0 aliphatic heterocycles. The standard InChI is InChI=1S/C6H14N2O2/c1-5(2)7-4-6(9)8-10-3/h5,7H,4H2,1-3H3,(H,8,9). The molecule has 0 unspecified atom stereocenters. The molecule has 10 heavy (non-hydrogen) atoms. The summed E-state index contributed by atoms with van der Waals surface area (Å²) >= 11 is 0. The summed E-state index contributed by atoms with van der Waals surface area (Å²) in [4.78, 5) is 15.0. The van der Waals surface area contributed by atoms with Gasteiger partial charge in [0.1, 0.15) is 0 Å². The van der Waals surface area contributed by atoms with Crippen LogP contribution in [0, 0.1) is 0 Å². The highest BCUT2D eigenvalue weighted by Gasteiger charge is 1.99. The van der Waals surface area contributed by atoms with Gasteiger partial charge in [0.2, 0.25) is 0 Å². The molecule has 4 nitrogen and oxygen atoms in total. The minimum atomic E-state index is -0.156. The SMILES string of the molecule is CONC(=O)CNC(C)C. The number of carbonyl (C=O) groups is 1. The summed E-state index contributed by atoms with van der Waals surface area (Å²) in [5, 5.41) is 2.94. The summed E-state index contributed by atoms with van der Waals surface area (Å²) in [6.07, 6.45) is 0. The zero-order valence-corrected chi connectivity index (χ0v) is 6.60. The lowest BCUT2D eigenvalue weighted by Gasteiger charge is -2.06. The fraction of sp³-hybridized carbons (Fsp3) is 0.833. The molecular weight excluding hydrogens is 132 g/mol. The molecule has 0 atom stereocenters. The number of rotatable bonds is 4. The van der Waals surface area contributed by atoms with Gasteiger partial charge in [-0.25, -0.2) is 5.48 Å². The molecule has 4 heteroatoms. The van der Waals surface area contributed by atoms with Gasteiger partial charge in [-0.3, -0.25) is 9.63 Å². The molecule has 0 aromatic rings. The lowest BCUT2D eigenvalue weighted by atomic mass is 10.4. The van der Waals surface area contributed by atoms with E-state index in [1.165, 1.54) is 7.11 Å². The van der Waals surface area contributed by atoms with E-state index in [0.717, 1.165) is 0 Å². The van der Waals surface area contributed by atoms with Crippen molar-refractivity contribution < 1.29 is 9.63 Å². The van der Waals surface area contributed by atoms with E-state index < -0.39 is 0 Å². The largest absolute Gasteiger partial charge is 0.306 e. The number of amides is 1. The summed E-state index contributed by atoms with van der Waals surface area (Å²) < 4.78 is 0. The average molecular weight is 146 g/mol. The maximum atomic E-state index is 10.6. The van der Waals surface area contributed by atoms with Gasteiger partial charge in [0.25, 0.3) is 5.91 Å². The van der Waals surface area contributed by atoms with Crippen LogP contribution in [0.4, 0.5) is 0 Å². The zero-order chi connectivity index (χ0) is 7.98. The van der Waals surface area contributed by atoms with Crippen LogP contribution in [0.2, 0.25) is 0 Å². The average Bonchev–Trinajstić information content (AvgIpc) is 1.85. The van der Waals surface area contributed by atoms with Gasteiger partial charge in [-0.05, 0) is 0 Å². The molecule has 2 N–H and O–H groups in total. The van der Waals surface area contributed by atoms with E-state index in [4.69, 9.17) is 0 Å². The Kier molecular flexibility index (Phi) is 4.88. The highest BCUT2D eigenvalue weighted by Crippen LogP contribution is 1.73. The molecule has 0 rings (SSSR count). The quantitative estimate of drug-likeness (QED) is 0.533. The number of hydroxylamine groups is 1. The van der Waals surface area contributed by atoms with Crippen LogP contribution < -0.4 is 10.8 Å². The van der Waals surface area contributed by atoms with E-state index in [0.29, 0.717) is 12.6 Å². The smallest absolute Gasteiger partial charge is 0.257 e. The summed E-state index contributed by atoms with van der Waals surface area (Å²) in [6.45, 7) is 4.24. The van der Waals surface area contributed by atoms with Crippen molar-refractivity contribution in [1.29, 1.82) is 0 Å². The topological polar surface area (TPSA) is 50.4 Å². The van der Waals surface area contributed by atoms with E-state index in [2.05, 4.69) is 15.6 Å². The molecule has 0 saturated heterocycles. The van der Waals surface area contributed by atoms with E-state index in [1.807, 2.05) is 13.8 Å². The fourth-order valence-corrected chi connectivity index (χ4v) is 0.447. The van der Waals surface area contributed by atoms with E-state index in [9.17, 15) is 4.79 Å². The molecule has 0 radical (unpaired) electrons. The Morgan fingerprint density at radius 3 is 2.60 bits per heavy atom. The molecule has 0 aliphatic carbocycles. The van der Waals surface area contributed by atoms with Crippen molar-refractivity contribution in [2.75, 3.05) is 13.7 Å². The van der Waals surface area contributed by atoms with Crippen molar-refractivity contribution in [3.8, 4) is 0 Å². The Bertz CT molecular complexity index is 104. The lowest BCUT2D eigenvalue weighted by molar-refractivity contribution is -0.130. The van der Waals surface area contributed by atoms with Gasteiger partial charge in [-0.2, -0.15) is 0 Å². The predicted molar refractivity (Wildman–Crippen MR) is 38.3 cm³/mol. The molecule has 0 aromatic heterocycles. The first kappa shape index (κ1) is 9.39. The van der Waals surface area contributed by atoms with Crippen LogP contribution in [-0.4, -0.2) is 25.6 Å². The third-order valence-corrected chi connectivity index (χ3v) is 0.887. The molecule has 0 saturated carbocycles. The van der Waals surface area contributed by atoms with Crippen LogP contribution >= 0.6 is 0 Å². The van der Waals surface area contributed by atoms with Crippen LogP contribution in [0.1, 0.15) is 13.8 Å². The number of hydrogen-bond donors (Lipinski definition) is 2. The van der Waals surface area contributed by atoms with Gasteiger partial charge < -0.3 is 5.32 Å². The first-order chi connectivity index (χ1) is 4.66. The van der Waals surface area contributed by atoms with Crippen LogP contribution in [0.5, 0.6) is 0 Å². The molecular formula is C6H14N2O2. The predicted octanol–water partition coefficient (Wildman–Crippen LogP) is -0.338. The zero-order valence-electron chi connectivity index (χ0n) is 6.60. The highest BCUT2D eigenvalue weighted by atomic mass is 16.6. The second kappa shape index (κ2) is 5.20. The summed E-state index contributed by atoms with van der Waals surface area (Å²) in [7, 11) is 1.41. The maximum Gasteiger partial charge on any atom is 0.257 e. The van der Waals surface area contributed by atoms with E-state index in [1.54, 1.807) is 0 Å². The number of nitrogens with one attached hydrogen (secondary N) is 2. The Labute approximate surface area is 60.9 Å². The molecule has 0 fully saturated rings. The van der Waals surface area contributed by atoms with Crippen LogP contribution in [0.15, 0.2) is 0 Å². The van der Waals surface area contributed by atoms with Crippen molar-refractivity contribution in [2.24, 2.45) is 0 Å². The minimum Gasteiger partial charge on any atom is -0.306 e. The summed E-state index contributed by atoms with van der Waals surface area (Å²) in [6, 6.07) is 0.322. The van der Waals surface area contributed by atoms with Crippen molar-refractivity contribution in [3.05, 3.63) is 0 Å². The lowest BCUT2D eigenvalue weighted by Crippen LogP contribution is -2.36. The van der Waals surface area contributed by atoms with Crippen molar-refractivity contribution in [1.82, 2.24) is 10.8 Å². The Balaban J connectivity index is 3.22.